The van der Waals surface area contributed by atoms with Gasteiger partial charge in [-0.25, -0.2) is 4.98 Å². The van der Waals surface area contributed by atoms with Crippen LogP contribution in [0.15, 0.2) is 12.1 Å². The van der Waals surface area contributed by atoms with Crippen LogP contribution < -0.4 is 0 Å². The molecule has 0 radical (unpaired) electrons. The summed E-state index contributed by atoms with van der Waals surface area (Å²) in [5.74, 6) is 0.485. The molecule has 1 saturated carbocycles. The van der Waals surface area contributed by atoms with Crippen molar-refractivity contribution in [2.45, 2.75) is 18.8 Å². The van der Waals surface area contributed by atoms with Gasteiger partial charge in [0.25, 0.3) is 0 Å². The lowest BCUT2D eigenvalue weighted by Crippen LogP contribution is -1.91. The van der Waals surface area contributed by atoms with Crippen LogP contribution in [0, 0.1) is 11.3 Å². The van der Waals surface area contributed by atoms with Crippen LogP contribution in [-0.2, 0) is 0 Å². The Morgan fingerprint density at radius 1 is 1.50 bits per heavy atom. The maximum Gasteiger partial charge on any atom is 0.129 e. The van der Waals surface area contributed by atoms with Gasteiger partial charge in [0, 0.05) is 5.92 Å². The number of nitrogens with zero attached hydrogens (tertiary/aromatic N) is 2. The van der Waals surface area contributed by atoms with E-state index in [-0.39, 0.29) is 0 Å². The highest BCUT2D eigenvalue weighted by molar-refractivity contribution is 6.29. The van der Waals surface area contributed by atoms with Crippen LogP contribution >= 0.6 is 11.6 Å². The van der Waals surface area contributed by atoms with Gasteiger partial charge in [0.05, 0.1) is 11.3 Å². The van der Waals surface area contributed by atoms with E-state index in [1.165, 1.54) is 0 Å². The first-order chi connectivity index (χ1) is 5.81. The van der Waals surface area contributed by atoms with Crippen LogP contribution in [0.2, 0.25) is 5.15 Å². The second-order valence-corrected chi connectivity index (χ2v) is 3.34. The molecule has 3 heteroatoms. The molecular formula is C9H7ClN2. The number of halogens is 1. The molecule has 0 N–H and O–H groups in total. The van der Waals surface area contributed by atoms with Crippen LogP contribution in [0.1, 0.15) is 30.0 Å². The van der Waals surface area contributed by atoms with Gasteiger partial charge in [-0.05, 0) is 25.0 Å². The monoisotopic (exact) mass is 178 g/mol. The summed E-state index contributed by atoms with van der Waals surface area (Å²) in [6.45, 7) is 0. The minimum atomic E-state index is 0.482. The Labute approximate surface area is 75.8 Å². The van der Waals surface area contributed by atoms with Gasteiger partial charge in [0.15, 0.2) is 0 Å². The molecule has 0 spiro atoms. The molecule has 1 fully saturated rings. The molecule has 12 heavy (non-hydrogen) atoms. The van der Waals surface area contributed by atoms with Crippen molar-refractivity contribution in [3.63, 3.8) is 0 Å². The van der Waals surface area contributed by atoms with Gasteiger partial charge in [-0.1, -0.05) is 11.6 Å². The number of hydrogen-bond acceptors (Lipinski definition) is 2. The van der Waals surface area contributed by atoms with Crippen molar-refractivity contribution in [1.29, 1.82) is 5.26 Å². The van der Waals surface area contributed by atoms with E-state index < -0.39 is 0 Å². The number of pyridine rings is 1. The van der Waals surface area contributed by atoms with Crippen molar-refractivity contribution in [1.82, 2.24) is 4.98 Å². The normalized spacial score (nSPS) is 15.7. The van der Waals surface area contributed by atoms with Crippen LogP contribution in [0.4, 0.5) is 0 Å². The van der Waals surface area contributed by atoms with E-state index in [1.807, 2.05) is 0 Å². The zero-order valence-electron chi connectivity index (χ0n) is 6.42. The highest BCUT2D eigenvalue weighted by atomic mass is 35.5. The Balaban J connectivity index is 2.48. The molecule has 0 amide bonds. The molecule has 2 nitrogen and oxygen atoms in total. The third-order valence-electron chi connectivity index (χ3n) is 1.98. The number of nitriles is 1. The van der Waals surface area contributed by atoms with E-state index in [4.69, 9.17) is 16.9 Å². The van der Waals surface area contributed by atoms with Crippen molar-refractivity contribution >= 4 is 11.6 Å². The van der Waals surface area contributed by atoms with Gasteiger partial charge in [0.2, 0.25) is 0 Å². The average Bonchev–Trinajstić information content (AvgIpc) is 2.87. The quantitative estimate of drug-likeness (QED) is 0.620. The number of hydrogen-bond donors (Lipinski definition) is 0. The van der Waals surface area contributed by atoms with Crippen molar-refractivity contribution in [3.8, 4) is 6.07 Å². The predicted octanol–water partition coefficient (Wildman–Crippen LogP) is 2.48. The van der Waals surface area contributed by atoms with Crippen LogP contribution in [0.25, 0.3) is 0 Å². The standard InChI is InChI=1S/C9H7ClN2/c10-8-4-3-7(5-11)9(12-8)6-1-2-6/h3-4,6H,1-2H2. The summed E-state index contributed by atoms with van der Waals surface area (Å²) in [7, 11) is 0. The van der Waals surface area contributed by atoms with E-state index in [1.54, 1.807) is 12.1 Å². The smallest absolute Gasteiger partial charge is 0.129 e. The van der Waals surface area contributed by atoms with Crippen LogP contribution in [-0.4, -0.2) is 4.98 Å². The highest BCUT2D eigenvalue weighted by Gasteiger charge is 2.27. The fourth-order valence-electron chi connectivity index (χ4n) is 1.21. The first-order valence-electron chi connectivity index (χ1n) is 3.88. The largest absolute Gasteiger partial charge is 0.239 e. The Morgan fingerprint density at radius 2 is 2.25 bits per heavy atom. The molecular weight excluding hydrogens is 172 g/mol. The van der Waals surface area contributed by atoms with Gasteiger partial charge < -0.3 is 0 Å². The third kappa shape index (κ3) is 1.28. The Kier molecular flexibility index (Phi) is 1.74. The van der Waals surface area contributed by atoms with E-state index in [2.05, 4.69) is 11.1 Å². The zero-order chi connectivity index (χ0) is 8.55. The molecule has 0 atom stereocenters. The molecule has 0 saturated heterocycles. The fourth-order valence-corrected chi connectivity index (χ4v) is 1.37. The molecule has 0 unspecified atom stereocenters. The summed E-state index contributed by atoms with van der Waals surface area (Å²) >= 11 is 5.73. The van der Waals surface area contributed by atoms with Crippen LogP contribution in [0.5, 0.6) is 0 Å². The highest BCUT2D eigenvalue weighted by Crippen LogP contribution is 2.40. The van der Waals surface area contributed by atoms with Crippen molar-refractivity contribution < 1.29 is 0 Å². The molecule has 0 aromatic carbocycles. The zero-order valence-corrected chi connectivity index (χ0v) is 7.17. The minimum Gasteiger partial charge on any atom is -0.239 e. The van der Waals surface area contributed by atoms with Gasteiger partial charge >= 0.3 is 0 Å². The first kappa shape index (κ1) is 7.57. The molecule has 60 valence electrons. The van der Waals surface area contributed by atoms with Gasteiger partial charge in [-0.3, -0.25) is 0 Å². The molecule has 1 aliphatic rings. The Morgan fingerprint density at radius 3 is 2.83 bits per heavy atom. The van der Waals surface area contributed by atoms with Gasteiger partial charge in [-0.2, -0.15) is 5.26 Å². The summed E-state index contributed by atoms with van der Waals surface area (Å²) in [6.07, 6.45) is 2.28. The lowest BCUT2D eigenvalue weighted by molar-refractivity contribution is 1.01. The van der Waals surface area contributed by atoms with E-state index in [0.717, 1.165) is 18.5 Å². The maximum atomic E-state index is 8.75. The SMILES string of the molecule is N#Cc1ccc(Cl)nc1C1CC1. The summed E-state index contributed by atoms with van der Waals surface area (Å²) < 4.78 is 0. The summed E-state index contributed by atoms with van der Waals surface area (Å²) in [5, 5.41) is 9.24. The van der Waals surface area contributed by atoms with E-state index >= 15 is 0 Å². The van der Waals surface area contributed by atoms with Crippen molar-refractivity contribution in [2.75, 3.05) is 0 Å². The summed E-state index contributed by atoms with van der Waals surface area (Å²) in [5.41, 5.74) is 1.55. The number of aromatic nitrogens is 1. The average molecular weight is 179 g/mol. The maximum absolute atomic E-state index is 8.75. The summed E-state index contributed by atoms with van der Waals surface area (Å²) in [4.78, 5) is 4.15. The second-order valence-electron chi connectivity index (χ2n) is 2.95. The molecule has 0 aliphatic heterocycles. The van der Waals surface area contributed by atoms with E-state index in [0.29, 0.717) is 16.6 Å². The molecule has 2 rings (SSSR count). The predicted molar refractivity (Wildman–Crippen MR) is 45.9 cm³/mol. The Bertz CT molecular complexity index is 350. The lowest BCUT2D eigenvalue weighted by atomic mass is 10.1. The molecule has 1 aromatic rings. The van der Waals surface area contributed by atoms with E-state index in [9.17, 15) is 0 Å². The molecule has 1 heterocycles. The Hall–Kier alpha value is -1.07. The molecule has 1 aliphatic carbocycles. The topological polar surface area (TPSA) is 36.7 Å². The van der Waals surface area contributed by atoms with Crippen molar-refractivity contribution in [2.24, 2.45) is 0 Å². The second kappa shape index (κ2) is 2.76. The third-order valence-corrected chi connectivity index (χ3v) is 2.19. The molecule has 0 bridgehead atoms. The van der Waals surface area contributed by atoms with Crippen LogP contribution in [0.3, 0.4) is 0 Å². The molecule has 1 aromatic heterocycles. The first-order valence-corrected chi connectivity index (χ1v) is 4.25. The van der Waals surface area contributed by atoms with Gasteiger partial charge in [0.1, 0.15) is 11.2 Å². The summed E-state index contributed by atoms with van der Waals surface area (Å²) in [6, 6.07) is 5.52. The minimum absolute atomic E-state index is 0.482. The van der Waals surface area contributed by atoms with Gasteiger partial charge in [-0.15, -0.1) is 0 Å². The fraction of sp³-hybridized carbons (Fsp3) is 0.333. The lowest BCUT2D eigenvalue weighted by Gasteiger charge is -1.99. The number of rotatable bonds is 1. The van der Waals surface area contributed by atoms with Crippen molar-refractivity contribution in [3.05, 3.63) is 28.5 Å².